The van der Waals surface area contributed by atoms with Crippen molar-refractivity contribution in [3.05, 3.63) is 35.6 Å². The Hall–Kier alpha value is -1.38. The summed E-state index contributed by atoms with van der Waals surface area (Å²) in [6.45, 7) is 5.34. The summed E-state index contributed by atoms with van der Waals surface area (Å²) in [5.41, 5.74) is 0.800. The molecule has 1 aromatic carbocycles. The molecule has 0 spiro atoms. The van der Waals surface area contributed by atoms with Gasteiger partial charge in [0.15, 0.2) is 0 Å². The number of carbonyl (C=O) groups is 1. The van der Waals surface area contributed by atoms with Crippen molar-refractivity contribution in [3.8, 4) is 0 Å². The summed E-state index contributed by atoms with van der Waals surface area (Å²) in [5, 5.41) is 0. The Balaban J connectivity index is 1.99. The summed E-state index contributed by atoms with van der Waals surface area (Å²) >= 11 is 0. The van der Waals surface area contributed by atoms with Gasteiger partial charge < -0.3 is 4.90 Å². The minimum absolute atomic E-state index is 0.0509. The van der Waals surface area contributed by atoms with Crippen molar-refractivity contribution >= 4 is 5.91 Å². The standard InChI is InChI=1S/C15H20FNO/c1-11(2)15(18)17-9-7-12(8-10-17)13-5-3-4-6-14(13)16/h3-6,11-12H,7-10H2,1-2H3. The van der Waals surface area contributed by atoms with Crippen LogP contribution in [0.2, 0.25) is 0 Å². The quantitative estimate of drug-likeness (QED) is 0.788. The van der Waals surface area contributed by atoms with Gasteiger partial charge in [0, 0.05) is 19.0 Å². The zero-order valence-corrected chi connectivity index (χ0v) is 11.0. The van der Waals surface area contributed by atoms with Crippen LogP contribution >= 0.6 is 0 Å². The maximum atomic E-state index is 13.7. The zero-order valence-electron chi connectivity index (χ0n) is 11.0. The Labute approximate surface area is 108 Å². The maximum absolute atomic E-state index is 13.7. The van der Waals surface area contributed by atoms with Crippen LogP contribution in [0.1, 0.15) is 38.2 Å². The molecule has 0 aromatic heterocycles. The Bertz CT molecular complexity index is 422. The van der Waals surface area contributed by atoms with Crippen LogP contribution in [0, 0.1) is 11.7 Å². The van der Waals surface area contributed by atoms with E-state index in [2.05, 4.69) is 0 Å². The fourth-order valence-electron chi connectivity index (χ4n) is 2.58. The van der Waals surface area contributed by atoms with E-state index in [1.54, 1.807) is 6.07 Å². The first-order chi connectivity index (χ1) is 8.59. The van der Waals surface area contributed by atoms with Gasteiger partial charge >= 0.3 is 0 Å². The van der Waals surface area contributed by atoms with Crippen LogP contribution in [0.4, 0.5) is 4.39 Å². The summed E-state index contributed by atoms with van der Waals surface area (Å²) in [6, 6.07) is 6.97. The molecule has 1 aliphatic rings. The van der Waals surface area contributed by atoms with Crippen LogP contribution in [0.5, 0.6) is 0 Å². The largest absolute Gasteiger partial charge is 0.342 e. The van der Waals surface area contributed by atoms with Gasteiger partial charge in [0.25, 0.3) is 0 Å². The number of benzene rings is 1. The van der Waals surface area contributed by atoms with Gasteiger partial charge in [-0.25, -0.2) is 4.39 Å². The maximum Gasteiger partial charge on any atom is 0.225 e. The highest BCUT2D eigenvalue weighted by Crippen LogP contribution is 2.30. The molecule has 0 saturated carbocycles. The van der Waals surface area contributed by atoms with Crippen molar-refractivity contribution in [1.29, 1.82) is 0 Å². The van der Waals surface area contributed by atoms with Crippen molar-refractivity contribution in [2.45, 2.75) is 32.6 Å². The smallest absolute Gasteiger partial charge is 0.225 e. The molecule has 0 radical (unpaired) electrons. The molecule has 18 heavy (non-hydrogen) atoms. The van der Waals surface area contributed by atoms with E-state index >= 15 is 0 Å². The van der Waals surface area contributed by atoms with Crippen molar-refractivity contribution in [1.82, 2.24) is 4.90 Å². The van der Waals surface area contributed by atoms with Crippen molar-refractivity contribution in [3.63, 3.8) is 0 Å². The molecule has 0 aliphatic carbocycles. The molecule has 1 aromatic rings. The van der Waals surface area contributed by atoms with Crippen molar-refractivity contribution in [2.24, 2.45) is 5.92 Å². The lowest BCUT2D eigenvalue weighted by atomic mass is 9.89. The first-order valence-corrected chi connectivity index (χ1v) is 6.63. The third-order valence-electron chi connectivity index (χ3n) is 3.65. The molecule has 0 N–H and O–H groups in total. The number of nitrogens with zero attached hydrogens (tertiary/aromatic N) is 1. The average molecular weight is 249 g/mol. The predicted molar refractivity (Wildman–Crippen MR) is 69.8 cm³/mol. The number of piperidine rings is 1. The lowest BCUT2D eigenvalue weighted by Gasteiger charge is -2.33. The molecule has 2 nitrogen and oxygen atoms in total. The first-order valence-electron chi connectivity index (χ1n) is 6.63. The summed E-state index contributed by atoms with van der Waals surface area (Å²) in [7, 11) is 0. The predicted octanol–water partition coefficient (Wildman–Crippen LogP) is 3.19. The third kappa shape index (κ3) is 2.71. The number of carbonyl (C=O) groups excluding carboxylic acids is 1. The minimum Gasteiger partial charge on any atom is -0.342 e. The molecule has 98 valence electrons. The van der Waals surface area contributed by atoms with Crippen LogP contribution in [-0.2, 0) is 4.79 Å². The van der Waals surface area contributed by atoms with Crippen LogP contribution in [0.25, 0.3) is 0 Å². The van der Waals surface area contributed by atoms with E-state index in [0.29, 0.717) is 0 Å². The van der Waals surface area contributed by atoms with Gasteiger partial charge in [0.05, 0.1) is 0 Å². The van der Waals surface area contributed by atoms with Gasteiger partial charge in [-0.15, -0.1) is 0 Å². The average Bonchev–Trinajstić information content (AvgIpc) is 2.38. The summed E-state index contributed by atoms with van der Waals surface area (Å²) in [5.74, 6) is 0.394. The second kappa shape index (κ2) is 5.51. The van der Waals surface area contributed by atoms with Gasteiger partial charge in [-0.3, -0.25) is 4.79 Å². The number of likely N-dealkylation sites (tertiary alicyclic amines) is 1. The van der Waals surface area contributed by atoms with Crippen molar-refractivity contribution < 1.29 is 9.18 Å². The number of rotatable bonds is 2. The summed E-state index contributed by atoms with van der Waals surface area (Å²) in [6.07, 6.45) is 1.72. The van der Waals surface area contributed by atoms with Gasteiger partial charge in [0.1, 0.15) is 5.82 Å². The Morgan fingerprint density at radius 1 is 1.28 bits per heavy atom. The fraction of sp³-hybridized carbons (Fsp3) is 0.533. The van der Waals surface area contributed by atoms with Gasteiger partial charge in [-0.1, -0.05) is 32.0 Å². The van der Waals surface area contributed by atoms with Crippen LogP contribution in [-0.4, -0.2) is 23.9 Å². The topological polar surface area (TPSA) is 20.3 Å². The molecule has 0 atom stereocenters. The molecular formula is C15H20FNO. The fourth-order valence-corrected chi connectivity index (χ4v) is 2.58. The van der Waals surface area contributed by atoms with E-state index in [0.717, 1.165) is 31.5 Å². The molecule has 2 rings (SSSR count). The zero-order chi connectivity index (χ0) is 13.1. The van der Waals surface area contributed by atoms with E-state index < -0.39 is 0 Å². The second-order valence-corrected chi connectivity index (χ2v) is 5.28. The monoisotopic (exact) mass is 249 g/mol. The van der Waals surface area contributed by atoms with Crippen molar-refractivity contribution in [2.75, 3.05) is 13.1 Å². The highest BCUT2D eigenvalue weighted by atomic mass is 19.1. The molecule has 1 saturated heterocycles. The van der Waals surface area contributed by atoms with Gasteiger partial charge in [0.2, 0.25) is 5.91 Å². The molecule has 1 heterocycles. The number of amides is 1. The van der Waals surface area contributed by atoms with Gasteiger partial charge in [-0.05, 0) is 30.4 Å². The summed E-state index contributed by atoms with van der Waals surface area (Å²) in [4.78, 5) is 13.8. The lowest BCUT2D eigenvalue weighted by Crippen LogP contribution is -2.40. The highest BCUT2D eigenvalue weighted by Gasteiger charge is 2.26. The van der Waals surface area contributed by atoms with Crippen LogP contribution in [0.15, 0.2) is 24.3 Å². The highest BCUT2D eigenvalue weighted by molar-refractivity contribution is 5.78. The first kappa shape index (κ1) is 13.1. The molecular weight excluding hydrogens is 229 g/mol. The van der Waals surface area contributed by atoms with E-state index in [4.69, 9.17) is 0 Å². The van der Waals surface area contributed by atoms with Crippen LogP contribution < -0.4 is 0 Å². The SMILES string of the molecule is CC(C)C(=O)N1CCC(c2ccccc2F)CC1. The molecule has 0 unspecified atom stereocenters. The molecule has 1 fully saturated rings. The third-order valence-corrected chi connectivity index (χ3v) is 3.65. The van der Waals surface area contributed by atoms with E-state index in [1.165, 1.54) is 6.07 Å². The Morgan fingerprint density at radius 3 is 2.44 bits per heavy atom. The number of hydrogen-bond donors (Lipinski definition) is 0. The molecule has 1 aliphatic heterocycles. The normalized spacial score (nSPS) is 17.2. The Morgan fingerprint density at radius 2 is 1.89 bits per heavy atom. The van der Waals surface area contributed by atoms with Crippen LogP contribution in [0.3, 0.4) is 0 Å². The van der Waals surface area contributed by atoms with E-state index in [-0.39, 0.29) is 23.6 Å². The molecule has 0 bridgehead atoms. The molecule has 3 heteroatoms. The Kier molecular flexibility index (Phi) is 4.00. The van der Waals surface area contributed by atoms with Gasteiger partial charge in [-0.2, -0.15) is 0 Å². The summed E-state index contributed by atoms with van der Waals surface area (Å²) < 4.78 is 13.7. The minimum atomic E-state index is -0.119. The van der Waals surface area contributed by atoms with E-state index in [1.807, 2.05) is 30.9 Å². The molecule has 1 amide bonds. The van der Waals surface area contributed by atoms with E-state index in [9.17, 15) is 9.18 Å². The second-order valence-electron chi connectivity index (χ2n) is 5.28. The lowest BCUT2D eigenvalue weighted by molar-refractivity contribution is -0.135. The number of halogens is 1. The number of hydrogen-bond acceptors (Lipinski definition) is 1.